The summed E-state index contributed by atoms with van der Waals surface area (Å²) >= 11 is 0. The van der Waals surface area contributed by atoms with Crippen LogP contribution in [0.15, 0.2) is 9.59 Å². The van der Waals surface area contributed by atoms with Gasteiger partial charge in [0.1, 0.15) is 16.8 Å². The van der Waals surface area contributed by atoms with Crippen molar-refractivity contribution in [3.05, 3.63) is 26.7 Å². The van der Waals surface area contributed by atoms with Crippen molar-refractivity contribution in [1.29, 1.82) is 0 Å². The average molecular weight is 434 g/mol. The van der Waals surface area contributed by atoms with E-state index in [4.69, 9.17) is 4.74 Å². The Morgan fingerprint density at radius 1 is 1.19 bits per heavy atom. The van der Waals surface area contributed by atoms with Crippen LogP contribution in [0.3, 0.4) is 0 Å². The van der Waals surface area contributed by atoms with Gasteiger partial charge in [-0.1, -0.05) is 13.8 Å². The first-order chi connectivity index (χ1) is 14.8. The van der Waals surface area contributed by atoms with Gasteiger partial charge in [-0.15, -0.1) is 0 Å². The van der Waals surface area contributed by atoms with Crippen LogP contribution in [0.2, 0.25) is 0 Å². The Labute approximate surface area is 179 Å². The number of carbonyl (C=O) groups is 2. The Kier molecular flexibility index (Phi) is 6.66. The van der Waals surface area contributed by atoms with Gasteiger partial charge in [0, 0.05) is 19.5 Å². The quantitative estimate of drug-likeness (QED) is 0.574. The van der Waals surface area contributed by atoms with Gasteiger partial charge in [0.25, 0.3) is 5.56 Å². The molecule has 2 aromatic rings. The minimum atomic E-state index is -1.34. The summed E-state index contributed by atoms with van der Waals surface area (Å²) in [5.74, 6) is -1.40. The van der Waals surface area contributed by atoms with E-state index in [1.807, 2.05) is 13.8 Å². The monoisotopic (exact) mass is 434 g/mol. The van der Waals surface area contributed by atoms with Crippen LogP contribution >= 0.6 is 0 Å². The molecule has 10 nitrogen and oxygen atoms in total. The van der Waals surface area contributed by atoms with Crippen molar-refractivity contribution in [1.82, 2.24) is 19.1 Å². The van der Waals surface area contributed by atoms with Crippen LogP contribution in [0.1, 0.15) is 65.1 Å². The Bertz CT molecular complexity index is 1100. The molecule has 3 rings (SSSR count). The zero-order chi connectivity index (χ0) is 22.8. The number of carboxylic acid groups (broad SMARTS) is 1. The summed E-state index contributed by atoms with van der Waals surface area (Å²) in [6.45, 7) is 6.44. The lowest BCUT2D eigenvalue weighted by atomic mass is 9.84. The van der Waals surface area contributed by atoms with E-state index in [2.05, 4.69) is 9.97 Å². The van der Waals surface area contributed by atoms with E-state index >= 15 is 0 Å². The second-order valence-corrected chi connectivity index (χ2v) is 8.18. The van der Waals surface area contributed by atoms with E-state index < -0.39 is 22.6 Å². The van der Waals surface area contributed by atoms with Crippen LogP contribution in [0.5, 0.6) is 0 Å². The molecule has 0 bridgehead atoms. The maximum absolute atomic E-state index is 12.9. The van der Waals surface area contributed by atoms with E-state index in [1.165, 1.54) is 9.13 Å². The van der Waals surface area contributed by atoms with Gasteiger partial charge in [-0.05, 0) is 44.9 Å². The topological polar surface area (TPSA) is 136 Å². The van der Waals surface area contributed by atoms with Gasteiger partial charge in [0.15, 0.2) is 5.65 Å². The molecule has 0 aromatic carbocycles. The number of imidazole rings is 1. The zero-order valence-corrected chi connectivity index (χ0v) is 18.3. The Hall–Kier alpha value is -2.91. The molecular weight excluding hydrogens is 404 g/mol. The fourth-order valence-corrected chi connectivity index (χ4v) is 4.53. The molecule has 0 spiro atoms. The van der Waals surface area contributed by atoms with Gasteiger partial charge in [0.05, 0.1) is 6.61 Å². The first-order valence-electron chi connectivity index (χ1n) is 10.9. The molecule has 2 N–H and O–H groups in total. The number of hydrogen-bond acceptors (Lipinski definition) is 6. The second-order valence-electron chi connectivity index (χ2n) is 8.18. The highest BCUT2D eigenvalue weighted by molar-refractivity contribution is 5.83. The van der Waals surface area contributed by atoms with E-state index in [1.54, 1.807) is 6.92 Å². The number of hydrogen-bond donors (Lipinski definition) is 2. The summed E-state index contributed by atoms with van der Waals surface area (Å²) in [7, 11) is 0. The van der Waals surface area contributed by atoms with E-state index in [-0.39, 0.29) is 61.3 Å². The number of aromatic amines is 1. The van der Waals surface area contributed by atoms with E-state index in [0.717, 1.165) is 0 Å². The number of carbonyl (C=O) groups excluding carboxylic acids is 1. The standard InChI is InChI=1S/C21H30N4O6/c1-4-9-24-16-15(17(27)25(10-5-2)20(24)30)22-18(23-16)21(19(28)29)8-7-13(12-21)11-14(26)31-6-3/h13H,4-12H2,1-3H3,(H,22,23)(H,28,29). The molecule has 170 valence electrons. The van der Waals surface area contributed by atoms with Gasteiger partial charge in [0.2, 0.25) is 0 Å². The number of ether oxygens (including phenoxy) is 1. The third-order valence-corrected chi connectivity index (χ3v) is 6.00. The predicted octanol–water partition coefficient (Wildman–Crippen LogP) is 1.78. The van der Waals surface area contributed by atoms with Crippen molar-refractivity contribution in [3.63, 3.8) is 0 Å². The second kappa shape index (κ2) is 9.07. The highest BCUT2D eigenvalue weighted by Gasteiger charge is 2.50. The number of esters is 1. The summed E-state index contributed by atoms with van der Waals surface area (Å²) in [4.78, 5) is 57.5. The molecule has 2 heterocycles. The molecular formula is C21H30N4O6. The zero-order valence-electron chi connectivity index (χ0n) is 18.3. The van der Waals surface area contributed by atoms with Crippen LogP contribution in [0, 0.1) is 5.92 Å². The number of carboxylic acids is 1. The van der Waals surface area contributed by atoms with Gasteiger partial charge in [-0.3, -0.25) is 23.5 Å². The van der Waals surface area contributed by atoms with Crippen molar-refractivity contribution in [2.45, 2.75) is 77.8 Å². The number of aromatic nitrogens is 4. The first kappa shape index (κ1) is 22.8. The number of aliphatic carboxylic acids is 1. The Morgan fingerprint density at radius 2 is 1.87 bits per heavy atom. The number of nitrogens with zero attached hydrogens (tertiary/aromatic N) is 3. The van der Waals surface area contributed by atoms with Crippen LogP contribution in [0.25, 0.3) is 11.2 Å². The minimum Gasteiger partial charge on any atom is -0.480 e. The molecule has 2 atom stereocenters. The van der Waals surface area contributed by atoms with Crippen molar-refractivity contribution in [3.8, 4) is 0 Å². The third-order valence-electron chi connectivity index (χ3n) is 6.00. The lowest BCUT2D eigenvalue weighted by molar-refractivity contribution is -0.146. The summed E-state index contributed by atoms with van der Waals surface area (Å²) in [6, 6.07) is 0. The van der Waals surface area contributed by atoms with Crippen LogP contribution in [-0.2, 0) is 32.8 Å². The predicted molar refractivity (Wildman–Crippen MR) is 113 cm³/mol. The molecule has 0 saturated heterocycles. The minimum absolute atomic E-state index is 0.144. The smallest absolute Gasteiger partial charge is 0.332 e. The van der Waals surface area contributed by atoms with E-state index in [9.17, 15) is 24.3 Å². The van der Waals surface area contributed by atoms with Crippen LogP contribution in [0.4, 0.5) is 0 Å². The molecule has 31 heavy (non-hydrogen) atoms. The molecule has 10 heteroatoms. The third kappa shape index (κ3) is 4.03. The highest BCUT2D eigenvalue weighted by atomic mass is 16.5. The maximum Gasteiger partial charge on any atom is 0.332 e. The van der Waals surface area contributed by atoms with Crippen LogP contribution < -0.4 is 11.2 Å². The number of rotatable bonds is 9. The Balaban J connectivity index is 2.10. The lowest BCUT2D eigenvalue weighted by Crippen LogP contribution is -2.40. The summed E-state index contributed by atoms with van der Waals surface area (Å²) in [5.41, 5.74) is -1.94. The van der Waals surface area contributed by atoms with Gasteiger partial charge >= 0.3 is 17.6 Å². The summed E-state index contributed by atoms with van der Waals surface area (Å²) in [5, 5.41) is 10.1. The van der Waals surface area contributed by atoms with E-state index in [0.29, 0.717) is 25.8 Å². The fraction of sp³-hybridized carbons (Fsp3) is 0.667. The summed E-state index contributed by atoms with van der Waals surface area (Å²) in [6.07, 6.45) is 2.45. The molecule has 2 aromatic heterocycles. The molecule has 0 aliphatic heterocycles. The first-order valence-corrected chi connectivity index (χ1v) is 10.9. The van der Waals surface area contributed by atoms with Gasteiger partial charge < -0.3 is 14.8 Å². The SMILES string of the molecule is CCCn1c(=O)c2[nH]c(C3(C(=O)O)CCC(CC(=O)OCC)C3)nc2n(CCC)c1=O. The van der Waals surface area contributed by atoms with Gasteiger partial charge in [-0.25, -0.2) is 9.78 Å². The van der Waals surface area contributed by atoms with Crippen molar-refractivity contribution >= 4 is 23.1 Å². The average Bonchev–Trinajstić information content (AvgIpc) is 3.34. The van der Waals surface area contributed by atoms with Gasteiger partial charge in [-0.2, -0.15) is 0 Å². The molecule has 0 amide bonds. The normalized spacial score (nSPS) is 20.9. The molecule has 1 fully saturated rings. The van der Waals surface area contributed by atoms with Crippen molar-refractivity contribution in [2.24, 2.45) is 5.92 Å². The maximum atomic E-state index is 12.9. The Morgan fingerprint density at radius 3 is 2.48 bits per heavy atom. The molecule has 1 saturated carbocycles. The molecule has 0 radical (unpaired) electrons. The summed E-state index contributed by atoms with van der Waals surface area (Å²) < 4.78 is 7.61. The van der Waals surface area contributed by atoms with Crippen molar-refractivity contribution < 1.29 is 19.4 Å². The van der Waals surface area contributed by atoms with Crippen LogP contribution in [-0.4, -0.2) is 42.8 Å². The molecule has 1 aliphatic rings. The number of nitrogens with one attached hydrogen (secondary N) is 1. The molecule has 2 unspecified atom stereocenters. The van der Waals surface area contributed by atoms with Crippen molar-refractivity contribution in [2.75, 3.05) is 6.61 Å². The number of H-pyrrole nitrogens is 1. The lowest BCUT2D eigenvalue weighted by Gasteiger charge is -2.21. The largest absolute Gasteiger partial charge is 0.480 e. The number of aryl methyl sites for hydroxylation is 1. The molecule has 1 aliphatic carbocycles. The fourth-order valence-electron chi connectivity index (χ4n) is 4.53. The number of fused-ring (bicyclic) bond motifs is 1. The highest BCUT2D eigenvalue weighted by Crippen LogP contribution is 2.45.